The van der Waals surface area contributed by atoms with Crippen molar-refractivity contribution in [3.8, 4) is 11.5 Å². The molecule has 0 fully saturated rings. The van der Waals surface area contributed by atoms with Crippen LogP contribution in [0.3, 0.4) is 0 Å². The Kier molecular flexibility index (Phi) is 2.48. The first-order chi connectivity index (χ1) is 9.04. The first kappa shape index (κ1) is 11.6. The van der Waals surface area contributed by atoms with E-state index < -0.39 is 11.7 Å². The van der Waals surface area contributed by atoms with Gasteiger partial charge in [-0.1, -0.05) is 0 Å². The second kappa shape index (κ2) is 4.04. The summed E-state index contributed by atoms with van der Waals surface area (Å²) in [6.07, 6.45) is -0.641. The van der Waals surface area contributed by atoms with Crippen molar-refractivity contribution in [1.29, 1.82) is 0 Å². The molecule has 0 aliphatic heterocycles. The quantitative estimate of drug-likeness (QED) is 0.677. The van der Waals surface area contributed by atoms with Gasteiger partial charge in [-0.05, 0) is 18.2 Å². The lowest BCUT2D eigenvalue weighted by Gasteiger charge is -2.03. The number of alkyl halides is 3. The third-order valence-corrected chi connectivity index (χ3v) is 2.50. The van der Waals surface area contributed by atoms with E-state index in [-0.39, 0.29) is 17.1 Å². The molecule has 7 heteroatoms. The Morgan fingerprint density at radius 2 is 1.84 bits per heavy atom. The van der Waals surface area contributed by atoms with Gasteiger partial charge in [0.1, 0.15) is 5.52 Å². The van der Waals surface area contributed by atoms with Crippen LogP contribution in [0.1, 0.15) is 5.56 Å². The second-order valence-electron chi connectivity index (χ2n) is 3.80. The zero-order chi connectivity index (χ0) is 13.5. The summed E-state index contributed by atoms with van der Waals surface area (Å²) >= 11 is 0. The maximum Gasteiger partial charge on any atom is 0.417 e. The van der Waals surface area contributed by atoms with Crippen LogP contribution in [0, 0.1) is 0 Å². The predicted octanol–water partition coefficient (Wildman–Crippen LogP) is 3.30. The van der Waals surface area contributed by atoms with Crippen LogP contribution in [0.15, 0.2) is 41.2 Å². The molecular formula is C12H6F3N3O. The highest BCUT2D eigenvalue weighted by Gasteiger charge is 2.31. The van der Waals surface area contributed by atoms with Crippen molar-refractivity contribution in [1.82, 2.24) is 15.0 Å². The lowest BCUT2D eigenvalue weighted by Crippen LogP contribution is -2.04. The molecule has 96 valence electrons. The Hall–Kier alpha value is -2.44. The largest absolute Gasteiger partial charge is 0.418 e. The summed E-state index contributed by atoms with van der Waals surface area (Å²) in [6, 6.07) is 4.21. The molecular weight excluding hydrogens is 259 g/mol. The fourth-order valence-corrected chi connectivity index (χ4v) is 1.60. The average Bonchev–Trinajstić information content (AvgIpc) is 2.81. The van der Waals surface area contributed by atoms with Crippen molar-refractivity contribution in [3.63, 3.8) is 0 Å². The van der Waals surface area contributed by atoms with E-state index in [0.717, 1.165) is 12.3 Å². The maximum atomic E-state index is 12.5. The van der Waals surface area contributed by atoms with E-state index in [9.17, 15) is 13.2 Å². The van der Waals surface area contributed by atoms with Gasteiger partial charge in [0.25, 0.3) is 0 Å². The minimum absolute atomic E-state index is 0.0693. The van der Waals surface area contributed by atoms with Gasteiger partial charge >= 0.3 is 6.18 Å². The van der Waals surface area contributed by atoms with E-state index in [1.165, 1.54) is 0 Å². The highest BCUT2D eigenvalue weighted by atomic mass is 19.4. The van der Waals surface area contributed by atoms with E-state index in [1.807, 2.05) is 0 Å². The van der Waals surface area contributed by atoms with Gasteiger partial charge in [-0.2, -0.15) is 13.2 Å². The third kappa shape index (κ3) is 2.14. The molecule has 0 aromatic carbocycles. The Morgan fingerprint density at radius 3 is 2.53 bits per heavy atom. The van der Waals surface area contributed by atoms with Crippen LogP contribution in [-0.4, -0.2) is 15.0 Å². The molecule has 0 atom stereocenters. The van der Waals surface area contributed by atoms with E-state index in [1.54, 1.807) is 24.5 Å². The van der Waals surface area contributed by atoms with Crippen LogP contribution in [0.5, 0.6) is 0 Å². The Bertz CT molecular complexity index is 722. The van der Waals surface area contributed by atoms with Crippen molar-refractivity contribution in [2.45, 2.75) is 6.18 Å². The molecule has 0 saturated carbocycles. The molecule has 0 aliphatic rings. The van der Waals surface area contributed by atoms with Crippen LogP contribution in [0.25, 0.3) is 22.7 Å². The summed E-state index contributed by atoms with van der Waals surface area (Å²) in [4.78, 5) is 11.5. The van der Waals surface area contributed by atoms with Crippen LogP contribution in [-0.2, 0) is 6.18 Å². The van der Waals surface area contributed by atoms with Crippen LogP contribution in [0.2, 0.25) is 0 Å². The molecule has 0 N–H and O–H groups in total. The number of rotatable bonds is 1. The van der Waals surface area contributed by atoms with Crippen molar-refractivity contribution in [2.24, 2.45) is 0 Å². The molecule has 0 spiro atoms. The van der Waals surface area contributed by atoms with Gasteiger partial charge in [0.15, 0.2) is 0 Å². The fraction of sp³-hybridized carbons (Fsp3) is 0.0833. The number of hydrogen-bond donors (Lipinski definition) is 0. The van der Waals surface area contributed by atoms with Crippen molar-refractivity contribution in [2.75, 3.05) is 0 Å². The molecule has 3 aromatic rings. The van der Waals surface area contributed by atoms with E-state index in [0.29, 0.717) is 5.56 Å². The molecule has 3 heterocycles. The van der Waals surface area contributed by atoms with Gasteiger partial charge in [-0.15, -0.1) is 0 Å². The first-order valence-corrected chi connectivity index (χ1v) is 5.28. The minimum Gasteiger partial charge on any atom is -0.418 e. The fourth-order valence-electron chi connectivity index (χ4n) is 1.60. The molecule has 0 bridgehead atoms. The number of aromatic nitrogens is 3. The van der Waals surface area contributed by atoms with Gasteiger partial charge < -0.3 is 4.42 Å². The first-order valence-electron chi connectivity index (χ1n) is 5.28. The molecule has 0 amide bonds. The topological polar surface area (TPSA) is 51.8 Å². The Labute approximate surface area is 104 Å². The average molecular weight is 265 g/mol. The summed E-state index contributed by atoms with van der Waals surface area (Å²) in [5, 5.41) is 0. The zero-order valence-electron chi connectivity index (χ0n) is 9.35. The van der Waals surface area contributed by atoms with Gasteiger partial charge in [0, 0.05) is 24.2 Å². The van der Waals surface area contributed by atoms with E-state index in [2.05, 4.69) is 15.0 Å². The van der Waals surface area contributed by atoms with Gasteiger partial charge in [-0.3, -0.25) is 4.98 Å². The van der Waals surface area contributed by atoms with E-state index >= 15 is 0 Å². The molecule has 0 radical (unpaired) electrons. The summed E-state index contributed by atoms with van der Waals surface area (Å²) in [5.41, 5.74) is -0.0856. The summed E-state index contributed by atoms with van der Waals surface area (Å²) in [5.74, 6) is 0.212. The SMILES string of the molecule is FC(F)(F)c1cnc2oc(-c3ccncc3)nc2c1. The molecule has 19 heavy (non-hydrogen) atoms. The number of halogens is 3. The maximum absolute atomic E-state index is 12.5. The molecule has 0 saturated heterocycles. The minimum atomic E-state index is -4.45. The van der Waals surface area contributed by atoms with Gasteiger partial charge in [0.2, 0.25) is 11.6 Å². The second-order valence-corrected chi connectivity index (χ2v) is 3.80. The normalized spacial score (nSPS) is 11.9. The van der Waals surface area contributed by atoms with Crippen LogP contribution < -0.4 is 0 Å². The van der Waals surface area contributed by atoms with Crippen LogP contribution >= 0.6 is 0 Å². The van der Waals surface area contributed by atoms with Crippen molar-refractivity contribution in [3.05, 3.63) is 42.4 Å². The number of hydrogen-bond acceptors (Lipinski definition) is 4. The highest BCUT2D eigenvalue weighted by Crippen LogP contribution is 2.31. The molecule has 4 nitrogen and oxygen atoms in total. The number of fused-ring (bicyclic) bond motifs is 1. The predicted molar refractivity (Wildman–Crippen MR) is 60.0 cm³/mol. The molecule has 3 rings (SSSR count). The summed E-state index contributed by atoms with van der Waals surface area (Å²) < 4.78 is 42.9. The number of oxazole rings is 1. The van der Waals surface area contributed by atoms with Gasteiger partial charge in [0.05, 0.1) is 5.56 Å². The molecule has 0 aliphatic carbocycles. The lowest BCUT2D eigenvalue weighted by molar-refractivity contribution is -0.137. The van der Waals surface area contributed by atoms with Crippen LogP contribution in [0.4, 0.5) is 13.2 Å². The number of pyridine rings is 2. The van der Waals surface area contributed by atoms with Crippen molar-refractivity contribution < 1.29 is 17.6 Å². The number of nitrogens with zero attached hydrogens (tertiary/aromatic N) is 3. The smallest absolute Gasteiger partial charge is 0.417 e. The summed E-state index contributed by atoms with van der Waals surface area (Å²) in [7, 11) is 0. The Morgan fingerprint density at radius 1 is 1.11 bits per heavy atom. The highest BCUT2D eigenvalue weighted by molar-refractivity contribution is 5.73. The standard InChI is InChI=1S/C12H6F3N3O/c13-12(14,15)8-5-9-11(17-6-8)19-10(18-9)7-1-3-16-4-2-7/h1-6H. The third-order valence-electron chi connectivity index (χ3n) is 2.50. The zero-order valence-corrected chi connectivity index (χ0v) is 9.35. The van der Waals surface area contributed by atoms with Crippen molar-refractivity contribution >= 4 is 11.2 Å². The molecule has 3 aromatic heterocycles. The monoisotopic (exact) mass is 265 g/mol. The molecule has 0 unspecified atom stereocenters. The van der Waals surface area contributed by atoms with Gasteiger partial charge in [-0.25, -0.2) is 9.97 Å². The Balaban J connectivity index is 2.12. The van der Waals surface area contributed by atoms with E-state index in [4.69, 9.17) is 4.42 Å². The lowest BCUT2D eigenvalue weighted by atomic mass is 10.2. The summed E-state index contributed by atoms with van der Waals surface area (Å²) in [6.45, 7) is 0.